The third-order valence-electron chi connectivity index (χ3n) is 3.73. The summed E-state index contributed by atoms with van der Waals surface area (Å²) in [6.07, 6.45) is 2.58. The van der Waals surface area contributed by atoms with Crippen LogP contribution in [0, 0.1) is 5.41 Å². The Kier molecular flexibility index (Phi) is 1.94. The highest BCUT2D eigenvalue weighted by molar-refractivity contribution is 5.33. The van der Waals surface area contributed by atoms with Gasteiger partial charge < -0.3 is 0 Å². The Balaban J connectivity index is 2.45. The van der Waals surface area contributed by atoms with Gasteiger partial charge in [0.15, 0.2) is 0 Å². The lowest BCUT2D eigenvalue weighted by molar-refractivity contribution is 0.259. The zero-order chi connectivity index (χ0) is 9.47. The molecule has 0 saturated heterocycles. The van der Waals surface area contributed by atoms with Crippen molar-refractivity contribution in [2.45, 2.75) is 39.5 Å². The number of hydrogen-bond donors (Lipinski definition) is 0. The summed E-state index contributed by atoms with van der Waals surface area (Å²) in [6, 6.07) is 8.89. The van der Waals surface area contributed by atoms with E-state index in [0.717, 1.165) is 0 Å². The van der Waals surface area contributed by atoms with E-state index in [9.17, 15) is 0 Å². The Morgan fingerprint density at radius 1 is 1.23 bits per heavy atom. The Labute approximate surface area is 81.0 Å². The average molecular weight is 174 g/mol. The molecule has 0 saturated carbocycles. The molecule has 0 heteroatoms. The van der Waals surface area contributed by atoms with Crippen molar-refractivity contribution in [3.8, 4) is 0 Å². The van der Waals surface area contributed by atoms with Crippen molar-refractivity contribution in [2.24, 2.45) is 5.41 Å². The molecule has 0 aromatic heterocycles. The molecule has 0 N–H and O–H groups in total. The van der Waals surface area contributed by atoms with Crippen LogP contribution in [0.5, 0.6) is 0 Å². The van der Waals surface area contributed by atoms with E-state index in [1.54, 1.807) is 11.1 Å². The van der Waals surface area contributed by atoms with Gasteiger partial charge in [-0.05, 0) is 35.3 Å². The Morgan fingerprint density at radius 3 is 2.69 bits per heavy atom. The van der Waals surface area contributed by atoms with E-state index in [1.165, 1.54) is 12.8 Å². The highest BCUT2D eigenvalue weighted by atomic mass is 14.4. The fraction of sp³-hybridized carbons (Fsp3) is 0.538. The van der Waals surface area contributed by atoms with Gasteiger partial charge >= 0.3 is 0 Å². The summed E-state index contributed by atoms with van der Waals surface area (Å²) < 4.78 is 0. The molecule has 1 atom stereocenters. The SMILES string of the molecule is CC1c2ccccc2CCC1(C)C. The second kappa shape index (κ2) is 2.87. The maximum atomic E-state index is 2.38. The molecule has 0 amide bonds. The van der Waals surface area contributed by atoms with Gasteiger partial charge in [-0.1, -0.05) is 45.0 Å². The number of benzene rings is 1. The number of aryl methyl sites for hydroxylation is 1. The second-order valence-electron chi connectivity index (χ2n) is 4.91. The highest BCUT2D eigenvalue weighted by Gasteiger charge is 2.31. The fourth-order valence-corrected chi connectivity index (χ4v) is 2.28. The van der Waals surface area contributed by atoms with Gasteiger partial charge in [0.25, 0.3) is 0 Å². The van der Waals surface area contributed by atoms with Crippen LogP contribution < -0.4 is 0 Å². The minimum absolute atomic E-state index is 0.481. The minimum Gasteiger partial charge on any atom is -0.0620 e. The Bertz CT molecular complexity index is 310. The van der Waals surface area contributed by atoms with Crippen LogP contribution in [-0.4, -0.2) is 0 Å². The normalized spacial score (nSPS) is 25.3. The Hall–Kier alpha value is -0.780. The van der Waals surface area contributed by atoms with Gasteiger partial charge in [0.1, 0.15) is 0 Å². The summed E-state index contributed by atoms with van der Waals surface area (Å²) >= 11 is 0. The first-order valence-electron chi connectivity index (χ1n) is 5.19. The fourth-order valence-electron chi connectivity index (χ4n) is 2.28. The first-order valence-corrected chi connectivity index (χ1v) is 5.19. The van der Waals surface area contributed by atoms with Gasteiger partial charge in [-0.25, -0.2) is 0 Å². The van der Waals surface area contributed by atoms with Crippen LogP contribution in [0.3, 0.4) is 0 Å². The highest BCUT2D eigenvalue weighted by Crippen LogP contribution is 2.44. The van der Waals surface area contributed by atoms with Gasteiger partial charge in [0.05, 0.1) is 0 Å². The van der Waals surface area contributed by atoms with Crippen molar-refractivity contribution < 1.29 is 0 Å². The summed E-state index contributed by atoms with van der Waals surface area (Å²) in [5.74, 6) is 0.706. The molecule has 0 bridgehead atoms. The summed E-state index contributed by atoms with van der Waals surface area (Å²) in [5.41, 5.74) is 3.61. The van der Waals surface area contributed by atoms with Crippen LogP contribution in [0.1, 0.15) is 44.2 Å². The van der Waals surface area contributed by atoms with E-state index in [4.69, 9.17) is 0 Å². The molecule has 1 aromatic rings. The molecule has 1 aromatic carbocycles. The molecule has 0 fully saturated rings. The maximum Gasteiger partial charge on any atom is -0.0136 e. The van der Waals surface area contributed by atoms with E-state index >= 15 is 0 Å². The molecule has 70 valence electrons. The summed E-state index contributed by atoms with van der Waals surface area (Å²) in [6.45, 7) is 7.12. The van der Waals surface area contributed by atoms with E-state index < -0.39 is 0 Å². The van der Waals surface area contributed by atoms with E-state index in [2.05, 4.69) is 45.0 Å². The molecule has 1 aliphatic rings. The summed E-state index contributed by atoms with van der Waals surface area (Å²) in [5, 5.41) is 0. The molecule has 2 rings (SSSR count). The summed E-state index contributed by atoms with van der Waals surface area (Å²) in [7, 11) is 0. The van der Waals surface area contributed by atoms with Gasteiger partial charge in [0, 0.05) is 0 Å². The van der Waals surface area contributed by atoms with E-state index in [-0.39, 0.29) is 0 Å². The lowest BCUT2D eigenvalue weighted by atomic mass is 9.67. The first kappa shape index (κ1) is 8.80. The summed E-state index contributed by atoms with van der Waals surface area (Å²) in [4.78, 5) is 0. The molecule has 0 nitrogen and oxygen atoms in total. The van der Waals surface area contributed by atoms with Crippen LogP contribution in [0.25, 0.3) is 0 Å². The molecule has 1 aliphatic carbocycles. The van der Waals surface area contributed by atoms with Crippen LogP contribution in [0.15, 0.2) is 24.3 Å². The molecule has 0 spiro atoms. The molecule has 13 heavy (non-hydrogen) atoms. The van der Waals surface area contributed by atoms with Crippen molar-refractivity contribution in [2.75, 3.05) is 0 Å². The average Bonchev–Trinajstić information content (AvgIpc) is 2.13. The van der Waals surface area contributed by atoms with Gasteiger partial charge in [0.2, 0.25) is 0 Å². The number of fused-ring (bicyclic) bond motifs is 1. The lowest BCUT2D eigenvalue weighted by Gasteiger charge is -2.38. The molecular weight excluding hydrogens is 156 g/mol. The van der Waals surface area contributed by atoms with E-state index in [0.29, 0.717) is 11.3 Å². The molecule has 0 aliphatic heterocycles. The molecule has 1 unspecified atom stereocenters. The number of hydrogen-bond acceptors (Lipinski definition) is 0. The van der Waals surface area contributed by atoms with Gasteiger partial charge in [-0.15, -0.1) is 0 Å². The van der Waals surface area contributed by atoms with Crippen LogP contribution >= 0.6 is 0 Å². The maximum absolute atomic E-state index is 2.38. The van der Waals surface area contributed by atoms with Crippen molar-refractivity contribution in [3.05, 3.63) is 35.4 Å². The standard InChI is InChI=1S/C13H18/c1-10-12-7-5-4-6-11(12)8-9-13(10,2)3/h4-7,10H,8-9H2,1-3H3. The lowest BCUT2D eigenvalue weighted by Crippen LogP contribution is -2.26. The van der Waals surface area contributed by atoms with Gasteiger partial charge in [-0.2, -0.15) is 0 Å². The molecule has 0 radical (unpaired) electrons. The topological polar surface area (TPSA) is 0 Å². The second-order valence-corrected chi connectivity index (χ2v) is 4.91. The van der Waals surface area contributed by atoms with Crippen LogP contribution in [-0.2, 0) is 6.42 Å². The number of rotatable bonds is 0. The predicted octanol–water partition coefficient (Wildman–Crippen LogP) is 3.76. The van der Waals surface area contributed by atoms with Crippen LogP contribution in [0.2, 0.25) is 0 Å². The predicted molar refractivity (Wildman–Crippen MR) is 57.0 cm³/mol. The first-order chi connectivity index (χ1) is 6.11. The van der Waals surface area contributed by atoms with Crippen molar-refractivity contribution in [3.63, 3.8) is 0 Å². The molecule has 0 heterocycles. The van der Waals surface area contributed by atoms with Crippen molar-refractivity contribution in [1.82, 2.24) is 0 Å². The largest absolute Gasteiger partial charge is 0.0620 e. The third kappa shape index (κ3) is 1.39. The third-order valence-corrected chi connectivity index (χ3v) is 3.73. The minimum atomic E-state index is 0.481. The quantitative estimate of drug-likeness (QED) is 0.561. The van der Waals surface area contributed by atoms with Crippen molar-refractivity contribution >= 4 is 0 Å². The van der Waals surface area contributed by atoms with Crippen molar-refractivity contribution in [1.29, 1.82) is 0 Å². The monoisotopic (exact) mass is 174 g/mol. The zero-order valence-corrected chi connectivity index (χ0v) is 8.80. The van der Waals surface area contributed by atoms with E-state index in [1.807, 2.05) is 0 Å². The zero-order valence-electron chi connectivity index (χ0n) is 8.80. The Morgan fingerprint density at radius 2 is 1.92 bits per heavy atom. The molecular formula is C13H18. The smallest absolute Gasteiger partial charge is 0.0136 e. The van der Waals surface area contributed by atoms with Crippen LogP contribution in [0.4, 0.5) is 0 Å². The van der Waals surface area contributed by atoms with Gasteiger partial charge in [-0.3, -0.25) is 0 Å².